The molecule has 0 aliphatic heterocycles. The second kappa shape index (κ2) is 5.52. The normalized spacial score (nSPS) is 14.8. The predicted octanol–water partition coefficient (Wildman–Crippen LogP) is 3.82. The summed E-state index contributed by atoms with van der Waals surface area (Å²) in [5.41, 5.74) is 3.55. The first-order valence-electron chi connectivity index (χ1n) is 7.15. The summed E-state index contributed by atoms with van der Waals surface area (Å²) in [5, 5.41) is 0.557. The highest BCUT2D eigenvalue weighted by molar-refractivity contribution is 5.81. The third-order valence-corrected chi connectivity index (χ3v) is 3.86. The lowest BCUT2D eigenvalue weighted by atomic mass is 9.91. The van der Waals surface area contributed by atoms with Crippen LogP contribution in [0.1, 0.15) is 29.9 Å². The first-order chi connectivity index (χ1) is 10.2. The van der Waals surface area contributed by atoms with Gasteiger partial charge in [-0.05, 0) is 48.9 Å². The molecule has 3 rings (SSSR count). The fourth-order valence-electron chi connectivity index (χ4n) is 2.78. The van der Waals surface area contributed by atoms with Crippen molar-refractivity contribution in [2.75, 3.05) is 0 Å². The Morgan fingerprint density at radius 2 is 1.90 bits per heavy atom. The molecule has 1 aromatic heterocycles. The molecule has 0 bridgehead atoms. The van der Waals surface area contributed by atoms with E-state index < -0.39 is 0 Å². The molecule has 0 saturated heterocycles. The number of rotatable bonds is 3. The molecule has 1 aliphatic carbocycles. The lowest BCUT2D eigenvalue weighted by molar-refractivity contribution is 0.487. The first-order valence-corrected chi connectivity index (χ1v) is 7.15. The fraction of sp³-hybridized carbons (Fsp3) is 0.222. The zero-order chi connectivity index (χ0) is 14.8. The Hall–Kier alpha value is -2.42. The Labute approximate surface area is 123 Å². The molecule has 0 N–H and O–H groups in total. The van der Waals surface area contributed by atoms with Crippen molar-refractivity contribution in [3.05, 3.63) is 71.0 Å². The van der Waals surface area contributed by atoms with Gasteiger partial charge in [0.15, 0.2) is 0 Å². The Bertz CT molecular complexity index is 812. The molecular weight excluding hydrogens is 262 g/mol. The largest absolute Gasteiger partial charge is 0.403 e. The van der Waals surface area contributed by atoms with E-state index >= 15 is 0 Å². The average molecular weight is 279 g/mol. The molecule has 2 aromatic rings. The van der Waals surface area contributed by atoms with Crippen molar-refractivity contribution < 1.29 is 4.42 Å². The van der Waals surface area contributed by atoms with Crippen molar-refractivity contribution in [2.45, 2.75) is 25.7 Å². The van der Waals surface area contributed by atoms with E-state index in [4.69, 9.17) is 4.42 Å². The van der Waals surface area contributed by atoms with Crippen LogP contribution in [0.5, 0.6) is 0 Å². The van der Waals surface area contributed by atoms with Crippen LogP contribution in [0.4, 0.5) is 0 Å². The van der Waals surface area contributed by atoms with Crippen LogP contribution in [0, 0.1) is 0 Å². The summed E-state index contributed by atoms with van der Waals surface area (Å²) in [7, 11) is 0. The molecule has 106 valence electrons. The lowest BCUT2D eigenvalue weighted by Crippen LogP contribution is -2.09. The van der Waals surface area contributed by atoms with E-state index in [1.807, 2.05) is 12.1 Å². The number of aromatic nitrogens is 1. The molecule has 1 aromatic carbocycles. The van der Waals surface area contributed by atoms with E-state index in [0.717, 1.165) is 12.8 Å². The minimum Gasteiger partial charge on any atom is -0.403 e. The molecule has 1 aliphatic rings. The number of aryl methyl sites for hydroxylation is 2. The Kier molecular flexibility index (Phi) is 3.57. The van der Waals surface area contributed by atoms with Gasteiger partial charge in [0.05, 0.1) is 10.9 Å². The SMILES string of the molecule is C=C/C=C(\C=C)c1nc2cc3c(cc2c(=O)o1)CCCC3. The molecule has 0 unspecified atom stereocenters. The van der Waals surface area contributed by atoms with Crippen molar-refractivity contribution in [3.8, 4) is 0 Å². The maximum Gasteiger partial charge on any atom is 0.347 e. The van der Waals surface area contributed by atoms with Crippen LogP contribution in [0.2, 0.25) is 0 Å². The number of nitrogens with zero attached hydrogens (tertiary/aromatic N) is 1. The van der Waals surface area contributed by atoms with Crippen LogP contribution in [0.3, 0.4) is 0 Å². The molecule has 3 nitrogen and oxygen atoms in total. The predicted molar refractivity (Wildman–Crippen MR) is 85.3 cm³/mol. The van der Waals surface area contributed by atoms with E-state index in [9.17, 15) is 4.79 Å². The van der Waals surface area contributed by atoms with Gasteiger partial charge in [0, 0.05) is 5.57 Å². The smallest absolute Gasteiger partial charge is 0.347 e. The van der Waals surface area contributed by atoms with E-state index in [2.05, 4.69) is 18.1 Å². The van der Waals surface area contributed by atoms with Crippen molar-refractivity contribution in [1.82, 2.24) is 4.98 Å². The Balaban J connectivity index is 2.24. The zero-order valence-electron chi connectivity index (χ0n) is 11.9. The number of hydrogen-bond donors (Lipinski definition) is 0. The molecule has 1 heterocycles. The van der Waals surface area contributed by atoms with E-state index in [1.54, 1.807) is 18.2 Å². The van der Waals surface area contributed by atoms with Gasteiger partial charge in [-0.25, -0.2) is 9.78 Å². The third-order valence-electron chi connectivity index (χ3n) is 3.86. The number of fused-ring (bicyclic) bond motifs is 2. The molecule has 0 amide bonds. The van der Waals surface area contributed by atoms with Crippen LogP contribution in [0.25, 0.3) is 16.5 Å². The van der Waals surface area contributed by atoms with Crippen LogP contribution >= 0.6 is 0 Å². The van der Waals surface area contributed by atoms with Gasteiger partial charge in [0.1, 0.15) is 0 Å². The van der Waals surface area contributed by atoms with Gasteiger partial charge in [-0.15, -0.1) is 0 Å². The fourth-order valence-corrected chi connectivity index (χ4v) is 2.78. The molecule has 0 atom stereocenters. The van der Waals surface area contributed by atoms with Crippen LogP contribution in [-0.4, -0.2) is 4.98 Å². The molecule has 21 heavy (non-hydrogen) atoms. The van der Waals surface area contributed by atoms with Crippen molar-refractivity contribution in [3.63, 3.8) is 0 Å². The molecule has 0 fully saturated rings. The third kappa shape index (κ3) is 2.47. The van der Waals surface area contributed by atoms with Crippen LogP contribution in [0.15, 0.2) is 52.7 Å². The summed E-state index contributed by atoms with van der Waals surface area (Å²) in [4.78, 5) is 16.7. The molecule has 3 heteroatoms. The van der Waals surface area contributed by atoms with Gasteiger partial charge in [-0.1, -0.05) is 31.4 Å². The monoisotopic (exact) mass is 279 g/mol. The highest BCUT2D eigenvalue weighted by Crippen LogP contribution is 2.25. The first kappa shape index (κ1) is 13.6. The quantitative estimate of drug-likeness (QED) is 0.802. The number of allylic oxidation sites excluding steroid dienone is 4. The minimum atomic E-state index is -0.347. The van der Waals surface area contributed by atoms with Crippen LogP contribution in [-0.2, 0) is 12.8 Å². The van der Waals surface area contributed by atoms with Crippen molar-refractivity contribution in [2.24, 2.45) is 0 Å². The summed E-state index contributed by atoms with van der Waals surface area (Å²) >= 11 is 0. The van der Waals surface area contributed by atoms with E-state index in [0.29, 0.717) is 16.5 Å². The Morgan fingerprint density at radius 3 is 2.57 bits per heavy atom. The number of benzene rings is 1. The maximum atomic E-state index is 12.2. The second-order valence-corrected chi connectivity index (χ2v) is 5.21. The van der Waals surface area contributed by atoms with Crippen molar-refractivity contribution >= 4 is 16.5 Å². The lowest BCUT2D eigenvalue weighted by Gasteiger charge is -2.15. The molecular formula is C18H17NO2. The van der Waals surface area contributed by atoms with Gasteiger partial charge in [0.2, 0.25) is 5.89 Å². The van der Waals surface area contributed by atoms with Gasteiger partial charge in [0.25, 0.3) is 0 Å². The van der Waals surface area contributed by atoms with Crippen LogP contribution < -0.4 is 5.63 Å². The van der Waals surface area contributed by atoms with E-state index in [1.165, 1.54) is 24.0 Å². The highest BCUT2D eigenvalue weighted by atomic mass is 16.4. The summed E-state index contributed by atoms with van der Waals surface area (Å²) < 4.78 is 5.33. The standard InChI is InChI=1S/C18H17NO2/c1-3-7-12(4-2)17-19-16-11-14-9-6-5-8-13(14)10-15(16)18(20)21-17/h3-4,7,10-11H,1-2,5-6,8-9H2/b12-7+. The summed E-state index contributed by atoms with van der Waals surface area (Å²) in [6.07, 6.45) is 9.41. The Morgan fingerprint density at radius 1 is 1.19 bits per heavy atom. The number of hydrogen-bond acceptors (Lipinski definition) is 3. The summed E-state index contributed by atoms with van der Waals surface area (Å²) in [5.74, 6) is 0.290. The van der Waals surface area contributed by atoms with Crippen molar-refractivity contribution in [1.29, 1.82) is 0 Å². The van der Waals surface area contributed by atoms with Gasteiger partial charge >= 0.3 is 5.63 Å². The maximum absolute atomic E-state index is 12.2. The summed E-state index contributed by atoms with van der Waals surface area (Å²) in [6, 6.07) is 3.97. The average Bonchev–Trinajstić information content (AvgIpc) is 2.51. The molecule has 0 saturated carbocycles. The molecule has 0 radical (unpaired) electrons. The summed E-state index contributed by atoms with van der Waals surface area (Å²) in [6.45, 7) is 7.36. The minimum absolute atomic E-state index is 0.290. The van der Waals surface area contributed by atoms with Gasteiger partial charge in [-0.3, -0.25) is 0 Å². The second-order valence-electron chi connectivity index (χ2n) is 5.21. The van der Waals surface area contributed by atoms with E-state index in [-0.39, 0.29) is 11.5 Å². The highest BCUT2D eigenvalue weighted by Gasteiger charge is 2.14. The zero-order valence-corrected chi connectivity index (χ0v) is 11.9. The van der Waals surface area contributed by atoms with Gasteiger partial charge < -0.3 is 4.42 Å². The topological polar surface area (TPSA) is 43.1 Å². The van der Waals surface area contributed by atoms with Gasteiger partial charge in [-0.2, -0.15) is 0 Å². The molecule has 0 spiro atoms.